The molecule has 1 aliphatic rings. The molecule has 0 aliphatic carbocycles. The number of aromatic nitrogens is 3. The predicted octanol–water partition coefficient (Wildman–Crippen LogP) is 2.64. The third-order valence-corrected chi connectivity index (χ3v) is 4.64. The first kappa shape index (κ1) is 16.3. The van der Waals surface area contributed by atoms with Crippen LogP contribution < -0.4 is 10.1 Å². The van der Waals surface area contributed by atoms with E-state index < -0.39 is 0 Å². The highest BCUT2D eigenvalue weighted by molar-refractivity contribution is 5.94. The fourth-order valence-corrected chi connectivity index (χ4v) is 3.22. The molecule has 3 aromatic rings. The Bertz CT molecular complexity index is 892. The highest BCUT2D eigenvalue weighted by Gasteiger charge is 2.18. The summed E-state index contributed by atoms with van der Waals surface area (Å²) in [6.07, 6.45) is 5.06. The topological polar surface area (TPSA) is 69.0 Å². The molecule has 0 saturated heterocycles. The van der Waals surface area contributed by atoms with Gasteiger partial charge in [-0.1, -0.05) is 24.3 Å². The van der Waals surface area contributed by atoms with Gasteiger partial charge in [-0.05, 0) is 48.6 Å². The summed E-state index contributed by atoms with van der Waals surface area (Å²) in [4.78, 5) is 12.6. The van der Waals surface area contributed by atoms with Gasteiger partial charge in [-0.25, -0.2) is 0 Å². The Kier molecular flexibility index (Phi) is 4.64. The van der Waals surface area contributed by atoms with E-state index in [0.29, 0.717) is 24.6 Å². The van der Waals surface area contributed by atoms with E-state index >= 15 is 0 Å². The van der Waals surface area contributed by atoms with Crippen molar-refractivity contribution in [3.63, 3.8) is 0 Å². The molecule has 1 aromatic heterocycles. The molecule has 6 heteroatoms. The number of nitrogens with one attached hydrogen (secondary N) is 1. The monoisotopic (exact) mass is 348 g/mol. The van der Waals surface area contributed by atoms with Gasteiger partial charge in [-0.2, -0.15) is 0 Å². The van der Waals surface area contributed by atoms with Crippen molar-refractivity contribution in [3.8, 4) is 11.4 Å². The maximum absolute atomic E-state index is 12.6. The number of hydrogen-bond acceptors (Lipinski definition) is 4. The molecule has 2 heterocycles. The fourth-order valence-electron chi connectivity index (χ4n) is 3.22. The van der Waals surface area contributed by atoms with Gasteiger partial charge in [-0.3, -0.25) is 9.36 Å². The van der Waals surface area contributed by atoms with Crippen LogP contribution >= 0.6 is 0 Å². The average molecular weight is 348 g/mol. The smallest absolute Gasteiger partial charge is 0.251 e. The van der Waals surface area contributed by atoms with Crippen LogP contribution in [0, 0.1) is 5.92 Å². The third kappa shape index (κ3) is 3.59. The van der Waals surface area contributed by atoms with E-state index in [4.69, 9.17) is 4.74 Å². The molecule has 0 saturated carbocycles. The molecule has 6 nitrogen and oxygen atoms in total. The first-order valence-electron chi connectivity index (χ1n) is 8.73. The largest absolute Gasteiger partial charge is 0.493 e. The zero-order valence-electron chi connectivity index (χ0n) is 14.3. The van der Waals surface area contributed by atoms with Crippen LogP contribution in [0.4, 0.5) is 0 Å². The maximum atomic E-state index is 12.6. The second-order valence-corrected chi connectivity index (χ2v) is 6.44. The lowest BCUT2D eigenvalue weighted by Crippen LogP contribution is -2.30. The Balaban J connectivity index is 1.41. The number of hydrogen-bond donors (Lipinski definition) is 1. The van der Waals surface area contributed by atoms with E-state index in [0.717, 1.165) is 24.3 Å². The molecule has 0 radical (unpaired) electrons. The second kappa shape index (κ2) is 7.39. The van der Waals surface area contributed by atoms with E-state index in [2.05, 4.69) is 21.6 Å². The van der Waals surface area contributed by atoms with Gasteiger partial charge in [0.2, 0.25) is 0 Å². The molecule has 1 unspecified atom stereocenters. The van der Waals surface area contributed by atoms with Gasteiger partial charge in [0.05, 0.1) is 6.61 Å². The zero-order chi connectivity index (χ0) is 17.8. The summed E-state index contributed by atoms with van der Waals surface area (Å²) in [5.41, 5.74) is 2.69. The Morgan fingerprint density at radius 2 is 2.00 bits per heavy atom. The Labute approximate surface area is 151 Å². The van der Waals surface area contributed by atoms with Gasteiger partial charge in [-0.15, -0.1) is 10.2 Å². The number of rotatable bonds is 4. The molecule has 1 N–H and O–H groups in total. The summed E-state index contributed by atoms with van der Waals surface area (Å²) in [6, 6.07) is 15.5. The first-order chi connectivity index (χ1) is 12.8. The first-order valence-corrected chi connectivity index (χ1v) is 8.73. The van der Waals surface area contributed by atoms with Gasteiger partial charge >= 0.3 is 0 Å². The minimum absolute atomic E-state index is 0.0709. The number of amides is 1. The Hall–Kier alpha value is -3.15. The quantitative estimate of drug-likeness (QED) is 0.787. The third-order valence-electron chi connectivity index (χ3n) is 4.64. The lowest BCUT2D eigenvalue weighted by Gasteiger charge is -2.15. The van der Waals surface area contributed by atoms with E-state index in [9.17, 15) is 4.79 Å². The van der Waals surface area contributed by atoms with Gasteiger partial charge < -0.3 is 10.1 Å². The number of carbonyl (C=O) groups excluding carboxylic acids is 1. The fraction of sp³-hybridized carbons (Fsp3) is 0.250. The van der Waals surface area contributed by atoms with Crippen molar-refractivity contribution in [2.45, 2.75) is 12.8 Å². The number of benzene rings is 2. The van der Waals surface area contributed by atoms with Gasteiger partial charge in [0.25, 0.3) is 5.91 Å². The van der Waals surface area contributed by atoms with Crippen LogP contribution in [-0.2, 0) is 6.42 Å². The van der Waals surface area contributed by atoms with Gasteiger partial charge in [0.1, 0.15) is 18.4 Å². The summed E-state index contributed by atoms with van der Waals surface area (Å²) in [6.45, 7) is 1.31. The van der Waals surface area contributed by atoms with Crippen molar-refractivity contribution in [2.24, 2.45) is 5.92 Å². The van der Waals surface area contributed by atoms with Crippen LogP contribution in [0.2, 0.25) is 0 Å². The summed E-state index contributed by atoms with van der Waals surface area (Å²) in [7, 11) is 0. The summed E-state index contributed by atoms with van der Waals surface area (Å²) >= 11 is 0. The Morgan fingerprint density at radius 3 is 2.88 bits per heavy atom. The molecule has 1 atom stereocenters. The average Bonchev–Trinajstić information content (AvgIpc) is 3.14. The molecular weight excluding hydrogens is 328 g/mol. The molecular formula is C20H20N4O2. The number of carbonyl (C=O) groups is 1. The number of ether oxygens (including phenoxy) is 1. The van der Waals surface area contributed by atoms with Crippen molar-refractivity contribution in [1.82, 2.24) is 20.1 Å². The molecule has 0 fully saturated rings. The molecule has 26 heavy (non-hydrogen) atoms. The van der Waals surface area contributed by atoms with Crippen molar-refractivity contribution in [1.29, 1.82) is 0 Å². The van der Waals surface area contributed by atoms with Crippen LogP contribution in [0.15, 0.2) is 61.2 Å². The maximum Gasteiger partial charge on any atom is 0.251 e. The lowest BCUT2D eigenvalue weighted by molar-refractivity contribution is 0.0945. The van der Waals surface area contributed by atoms with E-state index in [1.54, 1.807) is 17.2 Å². The highest BCUT2D eigenvalue weighted by Crippen LogP contribution is 2.26. The molecule has 1 amide bonds. The SMILES string of the molecule is O=C(NCC1CCOc2ccccc2C1)c1cccc(-n2cnnc2)c1. The van der Waals surface area contributed by atoms with Crippen LogP contribution in [0.3, 0.4) is 0 Å². The van der Waals surface area contributed by atoms with E-state index in [-0.39, 0.29) is 5.91 Å². The normalized spacial score (nSPS) is 16.2. The van der Waals surface area contributed by atoms with Crippen molar-refractivity contribution in [3.05, 3.63) is 72.3 Å². The van der Waals surface area contributed by atoms with E-state index in [1.807, 2.05) is 42.5 Å². The van der Waals surface area contributed by atoms with Crippen LogP contribution in [0.5, 0.6) is 5.75 Å². The summed E-state index contributed by atoms with van der Waals surface area (Å²) in [5, 5.41) is 10.7. The zero-order valence-corrected chi connectivity index (χ0v) is 14.3. The van der Waals surface area contributed by atoms with E-state index in [1.165, 1.54) is 5.56 Å². The van der Waals surface area contributed by atoms with Crippen LogP contribution in [-0.4, -0.2) is 33.8 Å². The minimum Gasteiger partial charge on any atom is -0.493 e. The molecule has 0 bridgehead atoms. The van der Waals surface area contributed by atoms with Crippen LogP contribution in [0.25, 0.3) is 5.69 Å². The number of fused-ring (bicyclic) bond motifs is 1. The lowest BCUT2D eigenvalue weighted by atomic mass is 9.97. The number of nitrogens with zero attached hydrogens (tertiary/aromatic N) is 3. The molecule has 132 valence electrons. The van der Waals surface area contributed by atoms with Crippen molar-refractivity contribution < 1.29 is 9.53 Å². The van der Waals surface area contributed by atoms with Crippen LogP contribution in [0.1, 0.15) is 22.3 Å². The highest BCUT2D eigenvalue weighted by atomic mass is 16.5. The van der Waals surface area contributed by atoms with Crippen molar-refractivity contribution in [2.75, 3.05) is 13.2 Å². The molecule has 4 rings (SSSR count). The van der Waals surface area contributed by atoms with Crippen molar-refractivity contribution >= 4 is 5.91 Å². The minimum atomic E-state index is -0.0709. The van der Waals surface area contributed by atoms with Gasteiger partial charge in [0.15, 0.2) is 0 Å². The summed E-state index contributed by atoms with van der Waals surface area (Å²) < 4.78 is 7.57. The molecule has 1 aliphatic heterocycles. The predicted molar refractivity (Wildman–Crippen MR) is 97.4 cm³/mol. The van der Waals surface area contributed by atoms with Gasteiger partial charge in [0, 0.05) is 17.8 Å². The molecule has 2 aromatic carbocycles. The second-order valence-electron chi connectivity index (χ2n) is 6.44. The standard InChI is InChI=1S/C20H20N4O2/c25-20(17-5-3-6-18(11-17)24-13-22-23-14-24)21-12-15-8-9-26-19-7-2-1-4-16(19)10-15/h1-7,11,13-15H,8-10,12H2,(H,21,25). The number of para-hydroxylation sites is 1. The molecule has 0 spiro atoms. The summed E-state index contributed by atoms with van der Waals surface area (Å²) in [5.74, 6) is 1.25. The Morgan fingerprint density at radius 1 is 1.15 bits per heavy atom.